The molecule has 2 aromatic carbocycles. The molecule has 2 heterocycles. The second kappa shape index (κ2) is 6.78. The van der Waals surface area contributed by atoms with Crippen molar-refractivity contribution in [1.29, 1.82) is 0 Å². The van der Waals surface area contributed by atoms with Gasteiger partial charge in [-0.2, -0.15) is 0 Å². The van der Waals surface area contributed by atoms with Crippen LogP contribution in [0, 0.1) is 6.92 Å². The average Bonchev–Trinajstić information content (AvgIpc) is 3.11. The molecule has 0 bridgehead atoms. The summed E-state index contributed by atoms with van der Waals surface area (Å²) in [4.78, 5) is 19.6. The summed E-state index contributed by atoms with van der Waals surface area (Å²) in [5, 5.41) is 0. The van der Waals surface area contributed by atoms with E-state index in [1.807, 2.05) is 28.7 Å². The first-order valence-electron chi connectivity index (χ1n) is 8.16. The molecule has 0 unspecified atom stereocenters. The van der Waals surface area contributed by atoms with E-state index in [1.54, 1.807) is 11.3 Å². The van der Waals surface area contributed by atoms with Crippen LogP contribution in [-0.4, -0.2) is 17.5 Å². The van der Waals surface area contributed by atoms with E-state index >= 15 is 0 Å². The fraction of sp³-hybridized carbons (Fsp3) is 0.200. The summed E-state index contributed by atoms with van der Waals surface area (Å²) in [6.07, 6.45) is 1.86. The third kappa shape index (κ3) is 3.34. The number of benzene rings is 2. The van der Waals surface area contributed by atoms with Crippen molar-refractivity contribution in [2.24, 2.45) is 0 Å². The highest BCUT2D eigenvalue weighted by atomic mass is 32.1. The lowest BCUT2D eigenvalue weighted by Crippen LogP contribution is -2.32. The van der Waals surface area contributed by atoms with Gasteiger partial charge >= 0.3 is 0 Å². The highest BCUT2D eigenvalue weighted by Crippen LogP contribution is 2.32. The zero-order valence-electron chi connectivity index (χ0n) is 13.9. The number of ether oxygens (including phenoxy) is 1. The molecule has 0 atom stereocenters. The number of hydrogen-bond donors (Lipinski definition) is 0. The van der Waals surface area contributed by atoms with Crippen LogP contribution >= 0.6 is 11.3 Å². The number of anilines is 1. The number of rotatable bonds is 3. The van der Waals surface area contributed by atoms with Gasteiger partial charge in [-0.25, -0.2) is 0 Å². The summed E-state index contributed by atoms with van der Waals surface area (Å²) in [5.41, 5.74) is 7.21. The lowest BCUT2D eigenvalue weighted by Gasteiger charge is -2.23. The lowest BCUT2D eigenvalue weighted by atomic mass is 10.1. The predicted octanol–water partition coefficient (Wildman–Crippen LogP) is 4.18. The third-order valence-electron chi connectivity index (χ3n) is 4.33. The Bertz CT molecular complexity index is 889. The standard InChI is InChI=1S/C20H18N2O2S/c1-14-2-4-15(5-3-14)10-22-18-7-6-16(19-9-21-13-25-19)8-17(18)11-24-12-20(22)23/h2-9,13H,10-12H2,1H3. The predicted molar refractivity (Wildman–Crippen MR) is 99.6 cm³/mol. The van der Waals surface area contributed by atoms with Crippen LogP contribution in [0.1, 0.15) is 16.7 Å². The summed E-state index contributed by atoms with van der Waals surface area (Å²) in [6, 6.07) is 14.4. The normalized spacial score (nSPS) is 14.3. The van der Waals surface area contributed by atoms with E-state index in [2.05, 4.69) is 42.2 Å². The first-order chi connectivity index (χ1) is 12.2. The molecule has 3 aromatic rings. The highest BCUT2D eigenvalue weighted by Gasteiger charge is 2.23. The van der Waals surface area contributed by atoms with E-state index in [1.165, 1.54) is 5.56 Å². The molecule has 1 aliphatic rings. The second-order valence-electron chi connectivity index (χ2n) is 6.17. The number of hydrogen-bond acceptors (Lipinski definition) is 4. The molecule has 0 saturated carbocycles. The largest absolute Gasteiger partial charge is 0.367 e. The van der Waals surface area contributed by atoms with Crippen molar-refractivity contribution < 1.29 is 9.53 Å². The molecule has 4 nitrogen and oxygen atoms in total. The minimum Gasteiger partial charge on any atom is -0.367 e. The number of nitrogens with zero attached hydrogens (tertiary/aromatic N) is 2. The summed E-state index contributed by atoms with van der Waals surface area (Å²) in [6.45, 7) is 3.16. The Balaban J connectivity index is 1.70. The molecule has 0 fully saturated rings. The van der Waals surface area contributed by atoms with Crippen LogP contribution in [0.25, 0.3) is 10.4 Å². The molecular formula is C20H18N2O2S. The summed E-state index contributed by atoms with van der Waals surface area (Å²) in [7, 11) is 0. The minimum atomic E-state index is -0.00938. The highest BCUT2D eigenvalue weighted by molar-refractivity contribution is 7.13. The maximum absolute atomic E-state index is 12.6. The van der Waals surface area contributed by atoms with Gasteiger partial charge in [-0.05, 0) is 30.2 Å². The second-order valence-corrected chi connectivity index (χ2v) is 7.05. The van der Waals surface area contributed by atoms with E-state index in [-0.39, 0.29) is 12.5 Å². The van der Waals surface area contributed by atoms with Gasteiger partial charge in [-0.3, -0.25) is 9.78 Å². The van der Waals surface area contributed by atoms with Crippen molar-refractivity contribution >= 4 is 22.9 Å². The topological polar surface area (TPSA) is 42.4 Å². The van der Waals surface area contributed by atoms with Crippen LogP contribution in [0.2, 0.25) is 0 Å². The van der Waals surface area contributed by atoms with Crippen LogP contribution < -0.4 is 4.90 Å². The molecular weight excluding hydrogens is 332 g/mol. The van der Waals surface area contributed by atoms with Crippen molar-refractivity contribution in [1.82, 2.24) is 4.98 Å². The van der Waals surface area contributed by atoms with Crippen LogP contribution in [0.15, 0.2) is 54.2 Å². The SMILES string of the molecule is Cc1ccc(CN2C(=O)COCc3cc(-c4cncs4)ccc32)cc1. The van der Waals surface area contributed by atoms with Crippen molar-refractivity contribution in [3.63, 3.8) is 0 Å². The average molecular weight is 350 g/mol. The molecule has 25 heavy (non-hydrogen) atoms. The smallest absolute Gasteiger partial charge is 0.253 e. The van der Waals surface area contributed by atoms with Gasteiger partial charge in [-0.1, -0.05) is 35.9 Å². The first kappa shape index (κ1) is 16.0. The van der Waals surface area contributed by atoms with Crippen LogP contribution in [0.4, 0.5) is 5.69 Å². The Labute approximate surface area is 150 Å². The van der Waals surface area contributed by atoms with E-state index in [0.29, 0.717) is 13.2 Å². The summed E-state index contributed by atoms with van der Waals surface area (Å²) < 4.78 is 5.59. The Morgan fingerprint density at radius 2 is 2.00 bits per heavy atom. The summed E-state index contributed by atoms with van der Waals surface area (Å²) in [5.74, 6) is -0.00938. The van der Waals surface area contributed by atoms with Gasteiger partial charge in [-0.15, -0.1) is 11.3 Å². The van der Waals surface area contributed by atoms with Crippen molar-refractivity contribution in [2.45, 2.75) is 20.1 Å². The van der Waals surface area contributed by atoms with Crippen molar-refractivity contribution in [3.05, 3.63) is 70.9 Å². The molecule has 0 aliphatic carbocycles. The molecule has 0 radical (unpaired) electrons. The molecule has 5 heteroatoms. The molecule has 1 aliphatic heterocycles. The fourth-order valence-electron chi connectivity index (χ4n) is 2.99. The molecule has 1 amide bonds. The van der Waals surface area contributed by atoms with Gasteiger partial charge in [0.2, 0.25) is 0 Å². The molecule has 0 saturated heterocycles. The van der Waals surface area contributed by atoms with Gasteiger partial charge in [0, 0.05) is 17.4 Å². The zero-order chi connectivity index (χ0) is 17.2. The van der Waals surface area contributed by atoms with Gasteiger partial charge in [0.1, 0.15) is 6.61 Å². The summed E-state index contributed by atoms with van der Waals surface area (Å²) >= 11 is 1.60. The third-order valence-corrected chi connectivity index (χ3v) is 5.15. The Kier molecular flexibility index (Phi) is 4.34. The van der Waals surface area contributed by atoms with E-state index < -0.39 is 0 Å². The number of carbonyl (C=O) groups is 1. The number of fused-ring (bicyclic) bond motifs is 1. The minimum absolute atomic E-state index is 0.00938. The number of carbonyl (C=O) groups excluding carboxylic acids is 1. The molecule has 4 rings (SSSR count). The number of thiazole rings is 1. The molecule has 0 spiro atoms. The quantitative estimate of drug-likeness (QED) is 0.711. The monoisotopic (exact) mass is 350 g/mol. The van der Waals surface area contributed by atoms with E-state index in [0.717, 1.165) is 27.3 Å². The van der Waals surface area contributed by atoms with Crippen LogP contribution in [0.3, 0.4) is 0 Å². The fourth-order valence-corrected chi connectivity index (χ4v) is 3.61. The zero-order valence-corrected chi connectivity index (χ0v) is 14.8. The van der Waals surface area contributed by atoms with Gasteiger partial charge < -0.3 is 9.64 Å². The van der Waals surface area contributed by atoms with E-state index in [4.69, 9.17) is 4.74 Å². The number of aryl methyl sites for hydroxylation is 1. The van der Waals surface area contributed by atoms with Gasteiger partial charge in [0.05, 0.1) is 23.5 Å². The van der Waals surface area contributed by atoms with Crippen LogP contribution in [-0.2, 0) is 22.7 Å². The Morgan fingerprint density at radius 1 is 1.16 bits per heavy atom. The number of amides is 1. The van der Waals surface area contributed by atoms with E-state index in [9.17, 15) is 4.79 Å². The van der Waals surface area contributed by atoms with Crippen molar-refractivity contribution in [3.8, 4) is 10.4 Å². The number of aromatic nitrogens is 1. The maximum Gasteiger partial charge on any atom is 0.253 e. The Morgan fingerprint density at radius 3 is 2.76 bits per heavy atom. The lowest BCUT2D eigenvalue weighted by molar-refractivity contribution is -0.123. The Hall–Kier alpha value is -2.50. The van der Waals surface area contributed by atoms with Crippen molar-refractivity contribution in [2.75, 3.05) is 11.5 Å². The molecule has 1 aromatic heterocycles. The maximum atomic E-state index is 12.6. The first-order valence-corrected chi connectivity index (χ1v) is 9.04. The molecule has 0 N–H and O–H groups in total. The molecule has 126 valence electrons. The van der Waals surface area contributed by atoms with Gasteiger partial charge in [0.25, 0.3) is 5.91 Å². The van der Waals surface area contributed by atoms with Crippen LogP contribution in [0.5, 0.6) is 0 Å². The van der Waals surface area contributed by atoms with Gasteiger partial charge in [0.15, 0.2) is 0 Å².